The average molecular weight is 498 g/mol. The second kappa shape index (κ2) is 9.92. The van der Waals surface area contributed by atoms with Crippen LogP contribution in [0.25, 0.3) is 27.7 Å². The number of hydrogen-bond acceptors (Lipinski definition) is 3. The Labute approximate surface area is 206 Å². The van der Waals surface area contributed by atoms with E-state index in [2.05, 4.69) is 5.32 Å². The van der Waals surface area contributed by atoms with Gasteiger partial charge in [0.25, 0.3) is 0 Å². The summed E-state index contributed by atoms with van der Waals surface area (Å²) in [5, 5.41) is 4.44. The Balaban J connectivity index is 1.81. The predicted molar refractivity (Wildman–Crippen MR) is 136 cm³/mol. The van der Waals surface area contributed by atoms with Gasteiger partial charge in [-0.2, -0.15) is 0 Å². The number of aryl methyl sites for hydroxylation is 1. The first-order chi connectivity index (χ1) is 16.3. The fourth-order valence-electron chi connectivity index (χ4n) is 3.86. The van der Waals surface area contributed by atoms with Crippen LogP contribution in [-0.4, -0.2) is 12.5 Å². The number of nitrogens with one attached hydrogen (secondary N) is 1. The summed E-state index contributed by atoms with van der Waals surface area (Å²) in [5.41, 5.74) is 4.53. The maximum Gasteiger partial charge on any atom is 0.248 e. The molecule has 4 aromatic rings. The van der Waals surface area contributed by atoms with Crippen molar-refractivity contribution < 1.29 is 18.3 Å². The third-order valence-corrected chi connectivity index (χ3v) is 6.01. The smallest absolute Gasteiger partial charge is 0.248 e. The van der Waals surface area contributed by atoms with E-state index >= 15 is 0 Å². The molecule has 1 amide bonds. The molecule has 0 saturated heterocycles. The van der Waals surface area contributed by atoms with Crippen molar-refractivity contribution >= 4 is 51.3 Å². The van der Waals surface area contributed by atoms with Crippen molar-refractivity contribution in [2.45, 2.75) is 20.8 Å². The Bertz CT molecular complexity index is 1430. The van der Waals surface area contributed by atoms with Crippen LogP contribution >= 0.6 is 23.2 Å². The molecule has 7 heteroatoms. The number of benzene rings is 3. The number of furan rings is 1. The van der Waals surface area contributed by atoms with Crippen LogP contribution in [0.15, 0.2) is 65.3 Å². The number of para-hydroxylation sites is 1. The van der Waals surface area contributed by atoms with Crippen LogP contribution in [0.2, 0.25) is 10.0 Å². The minimum absolute atomic E-state index is 0.114. The Morgan fingerprint density at radius 3 is 2.62 bits per heavy atom. The summed E-state index contributed by atoms with van der Waals surface area (Å²) in [4.78, 5) is 12.6. The molecule has 0 saturated carbocycles. The summed E-state index contributed by atoms with van der Waals surface area (Å²) < 4.78 is 25.8. The maximum absolute atomic E-state index is 13.9. The second-order valence-electron chi connectivity index (χ2n) is 7.76. The summed E-state index contributed by atoms with van der Waals surface area (Å²) in [5.74, 6) is -0.335. The van der Waals surface area contributed by atoms with Gasteiger partial charge < -0.3 is 14.5 Å². The third kappa shape index (κ3) is 4.67. The third-order valence-electron chi connectivity index (χ3n) is 5.46. The number of anilines is 1. The van der Waals surface area contributed by atoms with Crippen molar-refractivity contribution in [3.8, 4) is 16.9 Å². The van der Waals surface area contributed by atoms with Gasteiger partial charge in [0.2, 0.25) is 5.91 Å². The number of rotatable bonds is 6. The van der Waals surface area contributed by atoms with Gasteiger partial charge in [-0.25, -0.2) is 4.39 Å². The van der Waals surface area contributed by atoms with Gasteiger partial charge in [-0.15, -0.1) is 0 Å². The van der Waals surface area contributed by atoms with E-state index in [9.17, 15) is 9.18 Å². The Morgan fingerprint density at radius 2 is 1.91 bits per heavy atom. The SMILES string of the molecule is CCOc1c(/C(C)=C/C(=O)Nc2ccccc2F)cc2c(-c3ccc(Cl)cc3Cl)coc2c1C. The molecule has 4 rings (SSSR count). The van der Waals surface area contributed by atoms with Gasteiger partial charge in [-0.1, -0.05) is 41.4 Å². The monoisotopic (exact) mass is 497 g/mol. The zero-order valence-corrected chi connectivity index (χ0v) is 20.4. The number of allylic oxidation sites excluding steroid dienone is 1. The number of ether oxygens (including phenoxy) is 1. The summed E-state index contributed by atoms with van der Waals surface area (Å²) in [6, 6.07) is 13.2. The molecular formula is C27H22Cl2FNO3. The quantitative estimate of drug-likeness (QED) is 0.272. The molecule has 0 atom stereocenters. The molecule has 0 bridgehead atoms. The summed E-state index contributed by atoms with van der Waals surface area (Å²) in [7, 11) is 0. The summed E-state index contributed by atoms with van der Waals surface area (Å²) in [6.45, 7) is 6.03. The van der Waals surface area contributed by atoms with Crippen LogP contribution in [0, 0.1) is 12.7 Å². The van der Waals surface area contributed by atoms with Crippen molar-refractivity contribution in [3.05, 3.63) is 87.9 Å². The van der Waals surface area contributed by atoms with Gasteiger partial charge in [-0.05, 0) is 56.7 Å². The van der Waals surface area contributed by atoms with Gasteiger partial charge in [0.1, 0.15) is 17.1 Å². The Morgan fingerprint density at radius 1 is 1.15 bits per heavy atom. The summed E-state index contributed by atoms with van der Waals surface area (Å²) >= 11 is 12.5. The van der Waals surface area contributed by atoms with E-state index in [1.165, 1.54) is 18.2 Å². The molecule has 3 aromatic carbocycles. The first kappa shape index (κ1) is 23.9. The molecule has 0 unspecified atom stereocenters. The molecule has 0 aliphatic carbocycles. The van der Waals surface area contributed by atoms with E-state index < -0.39 is 11.7 Å². The molecule has 1 N–H and O–H groups in total. The molecule has 0 aliphatic rings. The minimum Gasteiger partial charge on any atom is -0.493 e. The van der Waals surface area contributed by atoms with Gasteiger partial charge in [0.05, 0.1) is 23.6 Å². The highest BCUT2D eigenvalue weighted by molar-refractivity contribution is 6.36. The van der Waals surface area contributed by atoms with Crippen LogP contribution in [0.1, 0.15) is 25.0 Å². The van der Waals surface area contributed by atoms with E-state index in [0.717, 1.165) is 27.6 Å². The van der Waals surface area contributed by atoms with Crippen molar-refractivity contribution in [1.82, 2.24) is 0 Å². The van der Waals surface area contributed by atoms with E-state index in [-0.39, 0.29) is 5.69 Å². The molecule has 0 radical (unpaired) electrons. The van der Waals surface area contributed by atoms with Crippen molar-refractivity contribution in [1.29, 1.82) is 0 Å². The topological polar surface area (TPSA) is 51.5 Å². The minimum atomic E-state index is -0.503. The Hall–Kier alpha value is -3.28. The van der Waals surface area contributed by atoms with E-state index in [1.54, 1.807) is 37.5 Å². The van der Waals surface area contributed by atoms with Gasteiger partial charge in [0.15, 0.2) is 0 Å². The summed E-state index contributed by atoms with van der Waals surface area (Å²) in [6.07, 6.45) is 3.07. The number of fused-ring (bicyclic) bond motifs is 1. The molecule has 4 nitrogen and oxygen atoms in total. The highest BCUT2D eigenvalue weighted by Gasteiger charge is 2.20. The molecular weight excluding hydrogens is 476 g/mol. The lowest BCUT2D eigenvalue weighted by atomic mass is 9.96. The average Bonchev–Trinajstić information content (AvgIpc) is 3.21. The van der Waals surface area contributed by atoms with Crippen LogP contribution in [-0.2, 0) is 4.79 Å². The maximum atomic E-state index is 13.9. The number of amides is 1. The van der Waals surface area contributed by atoms with Crippen LogP contribution < -0.4 is 10.1 Å². The molecule has 34 heavy (non-hydrogen) atoms. The normalized spacial score (nSPS) is 11.6. The predicted octanol–water partition coefficient (Wildman–Crippen LogP) is 8.29. The highest BCUT2D eigenvalue weighted by Crippen LogP contribution is 2.42. The van der Waals surface area contributed by atoms with Gasteiger partial charge >= 0.3 is 0 Å². The van der Waals surface area contributed by atoms with Gasteiger partial charge in [-0.3, -0.25) is 4.79 Å². The highest BCUT2D eigenvalue weighted by atomic mass is 35.5. The number of carbonyl (C=O) groups is 1. The lowest BCUT2D eigenvalue weighted by Crippen LogP contribution is -2.10. The van der Waals surface area contributed by atoms with Gasteiger partial charge in [0, 0.05) is 38.7 Å². The molecule has 1 heterocycles. The Kier molecular flexibility index (Phi) is 6.96. The van der Waals surface area contributed by atoms with Crippen LogP contribution in [0.3, 0.4) is 0 Å². The van der Waals surface area contributed by atoms with Crippen LogP contribution in [0.5, 0.6) is 5.75 Å². The zero-order valence-electron chi connectivity index (χ0n) is 18.8. The van der Waals surface area contributed by atoms with Crippen molar-refractivity contribution in [2.75, 3.05) is 11.9 Å². The second-order valence-corrected chi connectivity index (χ2v) is 8.60. The molecule has 0 spiro atoms. The first-order valence-corrected chi connectivity index (χ1v) is 11.4. The number of carbonyl (C=O) groups excluding carboxylic acids is 1. The zero-order chi connectivity index (χ0) is 24.4. The number of halogens is 3. The standard InChI is InChI=1S/C27H22Cl2FNO3/c1-4-33-26-16(3)27-20(21(14-34-27)18-10-9-17(28)12-22(18)29)13-19(26)15(2)11-25(32)31-24-8-6-5-7-23(24)30/h5-14H,4H2,1-3H3,(H,31,32)/b15-11+. The molecule has 174 valence electrons. The largest absolute Gasteiger partial charge is 0.493 e. The van der Waals surface area contributed by atoms with E-state index in [0.29, 0.717) is 33.6 Å². The van der Waals surface area contributed by atoms with Crippen molar-refractivity contribution in [3.63, 3.8) is 0 Å². The fourth-order valence-corrected chi connectivity index (χ4v) is 4.37. The lowest BCUT2D eigenvalue weighted by molar-refractivity contribution is -0.111. The lowest BCUT2D eigenvalue weighted by Gasteiger charge is -2.15. The van der Waals surface area contributed by atoms with Crippen molar-refractivity contribution in [2.24, 2.45) is 0 Å². The molecule has 0 fully saturated rings. The van der Waals surface area contributed by atoms with E-state index in [1.807, 2.05) is 26.0 Å². The first-order valence-electron chi connectivity index (χ1n) is 10.7. The molecule has 1 aromatic heterocycles. The number of hydrogen-bond donors (Lipinski definition) is 1. The van der Waals surface area contributed by atoms with Crippen LogP contribution in [0.4, 0.5) is 10.1 Å². The van der Waals surface area contributed by atoms with E-state index in [4.69, 9.17) is 32.4 Å². The fraction of sp³-hybridized carbons (Fsp3) is 0.148. The molecule has 0 aliphatic heterocycles.